The van der Waals surface area contributed by atoms with Crippen LogP contribution in [0.3, 0.4) is 0 Å². The molecule has 1 N–H and O–H groups in total. The molecular weight excluding hydrogens is 423 g/mol. The zero-order valence-corrected chi connectivity index (χ0v) is 19.0. The molecule has 1 atom stereocenters. The van der Waals surface area contributed by atoms with Gasteiger partial charge >= 0.3 is 0 Å². The summed E-state index contributed by atoms with van der Waals surface area (Å²) in [6, 6.07) is 13.5. The third kappa shape index (κ3) is 7.22. The van der Waals surface area contributed by atoms with E-state index in [4.69, 9.17) is 27.9 Å². The molecule has 7 heteroatoms. The first-order valence-electron chi connectivity index (χ1n) is 10.0. The highest BCUT2D eigenvalue weighted by molar-refractivity contribution is 6.31. The van der Waals surface area contributed by atoms with Gasteiger partial charge in [-0.05, 0) is 42.2 Å². The van der Waals surface area contributed by atoms with Crippen LogP contribution in [0, 0.1) is 5.92 Å². The van der Waals surface area contributed by atoms with E-state index in [1.807, 2.05) is 39.0 Å². The van der Waals surface area contributed by atoms with E-state index in [1.165, 1.54) is 4.90 Å². The van der Waals surface area contributed by atoms with Crippen LogP contribution in [0.25, 0.3) is 0 Å². The van der Waals surface area contributed by atoms with E-state index in [2.05, 4.69) is 5.32 Å². The minimum Gasteiger partial charge on any atom is -0.484 e. The van der Waals surface area contributed by atoms with Crippen LogP contribution in [-0.4, -0.2) is 35.9 Å². The number of halogens is 2. The van der Waals surface area contributed by atoms with E-state index in [9.17, 15) is 9.59 Å². The molecule has 0 radical (unpaired) electrons. The smallest absolute Gasteiger partial charge is 0.261 e. The minimum atomic E-state index is -0.629. The van der Waals surface area contributed by atoms with Gasteiger partial charge < -0.3 is 15.0 Å². The zero-order valence-electron chi connectivity index (χ0n) is 17.5. The first-order valence-corrected chi connectivity index (χ1v) is 10.8. The van der Waals surface area contributed by atoms with Gasteiger partial charge in [0.15, 0.2) is 6.61 Å². The number of carbonyl (C=O) groups is 2. The molecule has 30 heavy (non-hydrogen) atoms. The van der Waals surface area contributed by atoms with Crippen LogP contribution in [0.2, 0.25) is 10.0 Å². The van der Waals surface area contributed by atoms with Gasteiger partial charge in [0, 0.05) is 23.1 Å². The Labute approximate surface area is 188 Å². The van der Waals surface area contributed by atoms with Crippen molar-refractivity contribution in [3.05, 3.63) is 64.1 Å². The maximum Gasteiger partial charge on any atom is 0.261 e. The van der Waals surface area contributed by atoms with Crippen LogP contribution >= 0.6 is 23.2 Å². The number of benzene rings is 2. The van der Waals surface area contributed by atoms with E-state index in [-0.39, 0.29) is 25.0 Å². The van der Waals surface area contributed by atoms with Crippen molar-refractivity contribution < 1.29 is 14.3 Å². The van der Waals surface area contributed by atoms with Crippen LogP contribution < -0.4 is 10.1 Å². The number of carbonyl (C=O) groups excluding carboxylic acids is 2. The highest BCUT2D eigenvalue weighted by atomic mass is 35.5. The molecule has 0 aliphatic rings. The Kier molecular flexibility index (Phi) is 9.47. The van der Waals surface area contributed by atoms with Gasteiger partial charge in [-0.1, -0.05) is 68.2 Å². The molecule has 2 aromatic carbocycles. The number of amides is 2. The van der Waals surface area contributed by atoms with Gasteiger partial charge in [-0.2, -0.15) is 0 Å². The SMILES string of the molecule is CC[C@@H](C(=O)NCC(C)C)N(Cc1ccccc1Cl)C(=O)COc1cccc(Cl)c1. The topological polar surface area (TPSA) is 58.6 Å². The molecule has 162 valence electrons. The maximum atomic E-state index is 13.1. The van der Waals surface area contributed by atoms with Crippen molar-refractivity contribution in [2.45, 2.75) is 39.8 Å². The fourth-order valence-electron chi connectivity index (χ4n) is 2.94. The molecule has 0 heterocycles. The van der Waals surface area contributed by atoms with Crippen molar-refractivity contribution in [2.24, 2.45) is 5.92 Å². The zero-order chi connectivity index (χ0) is 22.1. The van der Waals surface area contributed by atoms with Crippen molar-refractivity contribution in [3.8, 4) is 5.75 Å². The summed E-state index contributed by atoms with van der Waals surface area (Å²) in [7, 11) is 0. The monoisotopic (exact) mass is 450 g/mol. The van der Waals surface area contributed by atoms with Gasteiger partial charge in [0.25, 0.3) is 5.91 Å². The van der Waals surface area contributed by atoms with E-state index < -0.39 is 6.04 Å². The second-order valence-corrected chi connectivity index (χ2v) is 8.27. The van der Waals surface area contributed by atoms with Gasteiger partial charge in [-0.25, -0.2) is 0 Å². The van der Waals surface area contributed by atoms with Crippen molar-refractivity contribution >= 4 is 35.0 Å². The molecule has 0 bridgehead atoms. The Balaban J connectivity index is 2.21. The maximum absolute atomic E-state index is 13.1. The third-order valence-electron chi connectivity index (χ3n) is 4.53. The molecule has 0 aromatic heterocycles. The summed E-state index contributed by atoms with van der Waals surface area (Å²) in [5, 5.41) is 3.99. The molecule has 2 rings (SSSR count). The molecule has 0 aliphatic carbocycles. The number of rotatable bonds is 10. The summed E-state index contributed by atoms with van der Waals surface area (Å²) in [4.78, 5) is 27.5. The van der Waals surface area contributed by atoms with E-state index in [0.29, 0.717) is 34.7 Å². The van der Waals surface area contributed by atoms with E-state index in [1.54, 1.807) is 30.3 Å². The molecule has 0 saturated carbocycles. The number of nitrogens with zero attached hydrogens (tertiary/aromatic N) is 1. The first kappa shape index (κ1) is 24.0. The van der Waals surface area contributed by atoms with Gasteiger partial charge in [0.2, 0.25) is 5.91 Å². The van der Waals surface area contributed by atoms with Crippen LogP contribution in [-0.2, 0) is 16.1 Å². The van der Waals surface area contributed by atoms with Crippen LogP contribution in [0.15, 0.2) is 48.5 Å². The van der Waals surface area contributed by atoms with Crippen molar-refractivity contribution in [1.82, 2.24) is 10.2 Å². The Hall–Kier alpha value is -2.24. The molecule has 2 amide bonds. The average Bonchev–Trinajstić information content (AvgIpc) is 2.71. The number of hydrogen-bond donors (Lipinski definition) is 1. The fraction of sp³-hybridized carbons (Fsp3) is 0.391. The van der Waals surface area contributed by atoms with Gasteiger partial charge in [0.05, 0.1) is 0 Å². The molecule has 0 saturated heterocycles. The van der Waals surface area contributed by atoms with Crippen LogP contribution in [0.1, 0.15) is 32.8 Å². The normalized spacial score (nSPS) is 11.8. The highest BCUT2D eigenvalue weighted by Gasteiger charge is 2.29. The number of hydrogen-bond acceptors (Lipinski definition) is 3. The summed E-state index contributed by atoms with van der Waals surface area (Å²) >= 11 is 12.3. The second-order valence-electron chi connectivity index (χ2n) is 7.42. The predicted octanol–water partition coefficient (Wildman–Crippen LogP) is 4.95. The standard InChI is InChI=1S/C23H28Cl2N2O3/c1-4-21(23(29)26-13-16(2)3)27(14-17-8-5-6-11-20(17)25)22(28)15-30-19-10-7-9-18(24)12-19/h5-12,16,21H,4,13-15H2,1-3H3,(H,26,29)/t21-/m0/s1. The number of ether oxygens (including phenoxy) is 1. The summed E-state index contributed by atoms with van der Waals surface area (Å²) in [5.74, 6) is 0.312. The van der Waals surface area contributed by atoms with Crippen LogP contribution in [0.5, 0.6) is 5.75 Å². The van der Waals surface area contributed by atoms with E-state index in [0.717, 1.165) is 5.56 Å². The molecule has 0 unspecified atom stereocenters. The third-order valence-corrected chi connectivity index (χ3v) is 5.13. The predicted molar refractivity (Wildman–Crippen MR) is 121 cm³/mol. The van der Waals surface area contributed by atoms with Gasteiger partial charge in [-0.3, -0.25) is 9.59 Å². The van der Waals surface area contributed by atoms with Crippen molar-refractivity contribution in [1.29, 1.82) is 0 Å². The van der Waals surface area contributed by atoms with Gasteiger partial charge in [-0.15, -0.1) is 0 Å². The fourth-order valence-corrected chi connectivity index (χ4v) is 3.31. The lowest BCUT2D eigenvalue weighted by molar-refractivity contribution is -0.143. The average molecular weight is 451 g/mol. The Bertz CT molecular complexity index is 858. The lowest BCUT2D eigenvalue weighted by atomic mass is 10.1. The highest BCUT2D eigenvalue weighted by Crippen LogP contribution is 2.21. The Morgan fingerprint density at radius 1 is 1.10 bits per heavy atom. The Morgan fingerprint density at radius 3 is 2.47 bits per heavy atom. The molecule has 0 aliphatic heterocycles. The van der Waals surface area contributed by atoms with Gasteiger partial charge in [0.1, 0.15) is 11.8 Å². The summed E-state index contributed by atoms with van der Waals surface area (Å²) in [6.45, 7) is 6.47. The quantitative estimate of drug-likeness (QED) is 0.556. The molecular formula is C23H28Cl2N2O3. The van der Waals surface area contributed by atoms with Crippen molar-refractivity contribution in [2.75, 3.05) is 13.2 Å². The summed E-state index contributed by atoms with van der Waals surface area (Å²) < 4.78 is 5.63. The van der Waals surface area contributed by atoms with Crippen molar-refractivity contribution in [3.63, 3.8) is 0 Å². The molecule has 2 aromatic rings. The molecule has 0 fully saturated rings. The minimum absolute atomic E-state index is 0.186. The van der Waals surface area contributed by atoms with Crippen LogP contribution in [0.4, 0.5) is 0 Å². The molecule has 5 nitrogen and oxygen atoms in total. The summed E-state index contributed by atoms with van der Waals surface area (Å²) in [6.07, 6.45) is 0.470. The van der Waals surface area contributed by atoms with E-state index >= 15 is 0 Å². The Morgan fingerprint density at radius 2 is 1.83 bits per heavy atom. The number of nitrogens with one attached hydrogen (secondary N) is 1. The lowest BCUT2D eigenvalue weighted by Crippen LogP contribution is -2.50. The first-order chi connectivity index (χ1) is 14.3. The second kappa shape index (κ2) is 11.8. The lowest BCUT2D eigenvalue weighted by Gasteiger charge is -2.31. The molecule has 0 spiro atoms. The summed E-state index contributed by atoms with van der Waals surface area (Å²) in [5.41, 5.74) is 0.769. The largest absolute Gasteiger partial charge is 0.484 e.